The average Bonchev–Trinajstić information content (AvgIpc) is 3.19. The number of rotatable bonds is 3. The van der Waals surface area contributed by atoms with Gasteiger partial charge in [0.1, 0.15) is 5.56 Å². The number of benzene rings is 1. The number of nitrogens with one attached hydrogen (secondary N) is 1. The van der Waals surface area contributed by atoms with Crippen molar-refractivity contribution >= 4 is 33.8 Å². The van der Waals surface area contributed by atoms with Crippen molar-refractivity contribution in [3.8, 4) is 0 Å². The van der Waals surface area contributed by atoms with E-state index in [4.69, 9.17) is 0 Å². The van der Waals surface area contributed by atoms with Crippen LogP contribution in [0.25, 0.3) is 4.96 Å². The van der Waals surface area contributed by atoms with Gasteiger partial charge in [0.25, 0.3) is 17.4 Å². The van der Waals surface area contributed by atoms with Gasteiger partial charge in [0.2, 0.25) is 0 Å². The fourth-order valence-corrected chi connectivity index (χ4v) is 5.48. The normalized spacial score (nSPS) is 16.7. The highest BCUT2D eigenvalue weighted by atomic mass is 32.1. The number of piperazine rings is 1. The van der Waals surface area contributed by atoms with E-state index in [2.05, 4.69) is 15.2 Å². The Labute approximate surface area is 189 Å². The lowest BCUT2D eigenvalue weighted by molar-refractivity contribution is 0.0664. The van der Waals surface area contributed by atoms with Crippen LogP contribution in [0, 0.1) is 0 Å². The molecule has 5 rings (SSSR count). The molecule has 1 N–H and O–H groups in total. The summed E-state index contributed by atoms with van der Waals surface area (Å²) in [6.45, 7) is 3.14. The second-order valence-corrected chi connectivity index (χ2v) is 9.46. The Morgan fingerprint density at radius 3 is 2.50 bits per heavy atom. The Hall–Kier alpha value is -3.04. The lowest BCUT2D eigenvalue weighted by Crippen LogP contribution is -2.47. The number of anilines is 1. The number of fused-ring (bicyclic) bond motifs is 3. The molecule has 0 saturated carbocycles. The third kappa shape index (κ3) is 3.82. The number of nitrogens with zero attached hydrogens (tertiary/aromatic N) is 4. The molecule has 2 aliphatic rings. The zero-order valence-electron chi connectivity index (χ0n) is 18.0. The highest BCUT2D eigenvalue weighted by Gasteiger charge is 2.22. The van der Waals surface area contributed by atoms with E-state index in [0.29, 0.717) is 29.3 Å². The minimum Gasteiger partial charge on any atom is -0.336 e. The molecule has 0 bridgehead atoms. The Morgan fingerprint density at radius 1 is 1.03 bits per heavy atom. The van der Waals surface area contributed by atoms with Gasteiger partial charge >= 0.3 is 0 Å². The largest absolute Gasteiger partial charge is 0.336 e. The zero-order valence-corrected chi connectivity index (χ0v) is 18.8. The molecule has 3 heterocycles. The Balaban J connectivity index is 1.33. The average molecular weight is 452 g/mol. The minimum atomic E-state index is -0.495. The summed E-state index contributed by atoms with van der Waals surface area (Å²) >= 11 is 1.54. The molecule has 32 heavy (non-hydrogen) atoms. The summed E-state index contributed by atoms with van der Waals surface area (Å²) in [4.78, 5) is 48.8. The predicted molar refractivity (Wildman–Crippen MR) is 124 cm³/mol. The van der Waals surface area contributed by atoms with Crippen molar-refractivity contribution in [3.05, 3.63) is 62.5 Å². The van der Waals surface area contributed by atoms with Crippen LogP contribution >= 0.6 is 11.3 Å². The number of hydrogen-bond acceptors (Lipinski definition) is 6. The van der Waals surface area contributed by atoms with Gasteiger partial charge in [-0.25, -0.2) is 4.98 Å². The SMILES string of the molecule is CN1CCN(C(=O)c2ccc(NC(=O)c3cnc4sc5c(n4c3=O)CCCC5)cc2)CC1. The first kappa shape index (κ1) is 20.8. The van der Waals surface area contributed by atoms with Crippen molar-refractivity contribution in [3.63, 3.8) is 0 Å². The number of aromatic nitrogens is 2. The molecule has 0 radical (unpaired) electrons. The molecule has 1 aromatic carbocycles. The van der Waals surface area contributed by atoms with Crippen LogP contribution in [0.4, 0.5) is 5.69 Å². The smallest absolute Gasteiger partial charge is 0.271 e. The van der Waals surface area contributed by atoms with Gasteiger partial charge in [-0.05, 0) is 57.0 Å². The predicted octanol–water partition coefficient (Wildman–Crippen LogP) is 2.27. The summed E-state index contributed by atoms with van der Waals surface area (Å²) in [7, 11) is 2.05. The lowest BCUT2D eigenvalue weighted by atomic mass is 10.0. The highest BCUT2D eigenvalue weighted by molar-refractivity contribution is 7.17. The van der Waals surface area contributed by atoms with Crippen LogP contribution in [0.15, 0.2) is 35.3 Å². The van der Waals surface area contributed by atoms with Gasteiger partial charge in [0.05, 0.1) is 0 Å². The van der Waals surface area contributed by atoms with Gasteiger partial charge in [-0.3, -0.25) is 18.8 Å². The summed E-state index contributed by atoms with van der Waals surface area (Å²) in [5.74, 6) is -0.503. The first-order valence-electron chi connectivity index (χ1n) is 10.9. The number of carbonyl (C=O) groups excluding carboxylic acids is 2. The summed E-state index contributed by atoms with van der Waals surface area (Å²) in [5, 5.41) is 2.77. The van der Waals surface area contributed by atoms with Crippen LogP contribution in [-0.2, 0) is 12.8 Å². The molecule has 0 spiro atoms. The molecule has 1 aliphatic carbocycles. The standard InChI is InChI=1S/C23H25N5O3S/c1-26-10-12-27(13-11-26)21(30)15-6-8-16(9-7-15)25-20(29)17-14-24-23-28(22(17)31)18-4-2-3-5-19(18)32-23/h6-9,14H,2-5,10-13H2,1H3,(H,25,29). The topological polar surface area (TPSA) is 87.0 Å². The number of amides is 2. The summed E-state index contributed by atoms with van der Waals surface area (Å²) < 4.78 is 1.60. The zero-order chi connectivity index (χ0) is 22.2. The second kappa shape index (κ2) is 8.48. The maximum absolute atomic E-state index is 13.0. The van der Waals surface area contributed by atoms with Gasteiger partial charge in [-0.2, -0.15) is 0 Å². The van der Waals surface area contributed by atoms with Gasteiger partial charge in [-0.1, -0.05) is 0 Å². The molecule has 0 atom stereocenters. The van der Waals surface area contributed by atoms with E-state index in [-0.39, 0.29) is 17.0 Å². The van der Waals surface area contributed by atoms with Gasteiger partial charge in [-0.15, -0.1) is 11.3 Å². The van der Waals surface area contributed by atoms with Crippen LogP contribution in [0.1, 0.15) is 44.1 Å². The van der Waals surface area contributed by atoms with Crippen molar-refractivity contribution in [1.82, 2.24) is 19.2 Å². The molecule has 166 valence electrons. The fourth-order valence-electron chi connectivity index (χ4n) is 4.31. The van der Waals surface area contributed by atoms with E-state index in [1.54, 1.807) is 28.7 Å². The van der Waals surface area contributed by atoms with Crippen LogP contribution in [0.2, 0.25) is 0 Å². The molecular weight excluding hydrogens is 426 g/mol. The summed E-state index contributed by atoms with van der Waals surface area (Å²) in [6, 6.07) is 6.80. The van der Waals surface area contributed by atoms with Crippen LogP contribution in [0.3, 0.4) is 0 Å². The van der Waals surface area contributed by atoms with Crippen molar-refractivity contribution < 1.29 is 9.59 Å². The van der Waals surface area contributed by atoms with Crippen LogP contribution in [0.5, 0.6) is 0 Å². The molecule has 9 heteroatoms. The van der Waals surface area contributed by atoms with E-state index in [1.165, 1.54) is 22.4 Å². The maximum Gasteiger partial charge on any atom is 0.271 e. The molecular formula is C23H25N5O3S. The molecule has 2 amide bonds. The van der Waals surface area contributed by atoms with E-state index in [1.807, 2.05) is 11.9 Å². The fraction of sp³-hybridized carbons (Fsp3) is 0.391. The molecule has 3 aromatic rings. The lowest BCUT2D eigenvalue weighted by Gasteiger charge is -2.32. The van der Waals surface area contributed by atoms with E-state index < -0.39 is 5.91 Å². The second-order valence-electron chi connectivity index (χ2n) is 8.40. The van der Waals surface area contributed by atoms with Crippen molar-refractivity contribution in [2.24, 2.45) is 0 Å². The molecule has 1 fully saturated rings. The van der Waals surface area contributed by atoms with Crippen LogP contribution in [-0.4, -0.2) is 64.2 Å². The number of carbonyl (C=O) groups is 2. The van der Waals surface area contributed by atoms with Gasteiger partial charge in [0, 0.05) is 54.2 Å². The molecule has 8 nitrogen and oxygen atoms in total. The molecule has 2 aromatic heterocycles. The van der Waals surface area contributed by atoms with Gasteiger partial charge in [0.15, 0.2) is 4.96 Å². The van der Waals surface area contributed by atoms with Crippen LogP contribution < -0.4 is 10.9 Å². The third-order valence-corrected chi connectivity index (χ3v) is 7.38. The Morgan fingerprint density at radius 2 is 1.75 bits per heavy atom. The first-order valence-corrected chi connectivity index (χ1v) is 11.7. The first-order chi connectivity index (χ1) is 15.5. The van der Waals surface area contributed by atoms with E-state index >= 15 is 0 Å². The monoisotopic (exact) mass is 451 g/mol. The van der Waals surface area contributed by atoms with Gasteiger partial charge < -0.3 is 15.1 Å². The quantitative estimate of drug-likeness (QED) is 0.660. The van der Waals surface area contributed by atoms with Crippen molar-refractivity contribution in [2.75, 3.05) is 38.5 Å². The summed E-state index contributed by atoms with van der Waals surface area (Å²) in [5.41, 5.74) is 1.80. The van der Waals surface area contributed by atoms with E-state index in [9.17, 15) is 14.4 Å². The number of hydrogen-bond donors (Lipinski definition) is 1. The van der Waals surface area contributed by atoms with Crippen molar-refractivity contribution in [1.29, 1.82) is 0 Å². The molecule has 1 saturated heterocycles. The van der Waals surface area contributed by atoms with Crippen molar-refractivity contribution in [2.45, 2.75) is 25.7 Å². The Kier molecular flexibility index (Phi) is 5.52. The Bertz CT molecular complexity index is 1240. The third-order valence-electron chi connectivity index (χ3n) is 6.23. The van der Waals surface area contributed by atoms with E-state index in [0.717, 1.165) is 44.5 Å². The maximum atomic E-state index is 13.0. The number of aryl methyl sites for hydroxylation is 2. The number of thiazole rings is 1. The summed E-state index contributed by atoms with van der Waals surface area (Å²) in [6.07, 6.45) is 5.32. The molecule has 1 aliphatic heterocycles. The number of likely N-dealkylation sites (N-methyl/N-ethyl adjacent to an activating group) is 1. The molecule has 0 unspecified atom stereocenters. The minimum absolute atomic E-state index is 0.00824. The highest BCUT2D eigenvalue weighted by Crippen LogP contribution is 2.28.